The first-order valence-corrected chi connectivity index (χ1v) is 10.5. The molecule has 2 aromatic rings. The second kappa shape index (κ2) is 10.3. The van der Waals surface area contributed by atoms with E-state index in [-0.39, 0.29) is 36.2 Å². The Kier molecular flexibility index (Phi) is 8.03. The SMILES string of the molecule is Cc1cc(NC(=O)CN(CC(C)C)C(=O)Nc2c(C(C)C)cccc2C(C)C)no1. The Bertz CT molecular complexity index is 845. The van der Waals surface area contributed by atoms with Crippen molar-refractivity contribution in [2.24, 2.45) is 5.92 Å². The van der Waals surface area contributed by atoms with E-state index >= 15 is 0 Å². The number of urea groups is 1. The van der Waals surface area contributed by atoms with Gasteiger partial charge in [0.05, 0.1) is 0 Å². The highest BCUT2D eigenvalue weighted by atomic mass is 16.5. The number of aromatic nitrogens is 1. The van der Waals surface area contributed by atoms with Crippen LogP contribution in [-0.4, -0.2) is 35.1 Å². The van der Waals surface area contributed by atoms with Gasteiger partial charge in [0.1, 0.15) is 12.3 Å². The Morgan fingerprint density at radius 2 is 1.63 bits per heavy atom. The smallest absolute Gasteiger partial charge is 0.322 e. The second-order valence-electron chi connectivity index (χ2n) is 8.70. The molecular weight excluding hydrogens is 380 g/mol. The summed E-state index contributed by atoms with van der Waals surface area (Å²) in [4.78, 5) is 27.2. The summed E-state index contributed by atoms with van der Waals surface area (Å²) in [5.74, 6) is 1.36. The molecule has 0 spiro atoms. The fraction of sp³-hybridized carbons (Fsp3) is 0.522. The molecule has 0 aliphatic rings. The monoisotopic (exact) mass is 414 g/mol. The third-order valence-electron chi connectivity index (χ3n) is 4.71. The van der Waals surface area contributed by atoms with Crippen molar-refractivity contribution < 1.29 is 14.1 Å². The van der Waals surface area contributed by atoms with E-state index in [1.165, 1.54) is 4.90 Å². The van der Waals surface area contributed by atoms with Crippen LogP contribution in [0.3, 0.4) is 0 Å². The largest absolute Gasteiger partial charge is 0.360 e. The normalized spacial score (nSPS) is 11.3. The first-order chi connectivity index (χ1) is 14.1. The zero-order valence-corrected chi connectivity index (χ0v) is 19.1. The number of benzene rings is 1. The maximum absolute atomic E-state index is 13.2. The summed E-state index contributed by atoms with van der Waals surface area (Å²) in [6, 6.07) is 7.46. The molecule has 0 saturated carbocycles. The summed E-state index contributed by atoms with van der Waals surface area (Å²) in [6.07, 6.45) is 0. The number of carbonyl (C=O) groups excluding carboxylic acids is 2. The van der Waals surface area contributed by atoms with E-state index in [0.717, 1.165) is 16.8 Å². The lowest BCUT2D eigenvalue weighted by Gasteiger charge is -2.27. The molecule has 2 rings (SSSR count). The van der Waals surface area contributed by atoms with Crippen molar-refractivity contribution >= 4 is 23.4 Å². The van der Waals surface area contributed by atoms with Gasteiger partial charge < -0.3 is 20.1 Å². The van der Waals surface area contributed by atoms with Crippen LogP contribution < -0.4 is 10.6 Å². The first kappa shape index (κ1) is 23.4. The van der Waals surface area contributed by atoms with Crippen LogP contribution in [0.25, 0.3) is 0 Å². The van der Waals surface area contributed by atoms with Crippen molar-refractivity contribution in [3.05, 3.63) is 41.2 Å². The Labute approximate surface area is 179 Å². The minimum absolute atomic E-state index is 0.0726. The average molecular weight is 415 g/mol. The number of para-hydroxylation sites is 1. The van der Waals surface area contributed by atoms with Crippen molar-refractivity contribution in [1.29, 1.82) is 0 Å². The summed E-state index contributed by atoms with van der Waals surface area (Å²) >= 11 is 0. The van der Waals surface area contributed by atoms with E-state index in [2.05, 4.69) is 43.5 Å². The van der Waals surface area contributed by atoms with E-state index in [1.807, 2.05) is 32.0 Å². The number of amides is 3. The van der Waals surface area contributed by atoms with E-state index in [1.54, 1.807) is 13.0 Å². The van der Waals surface area contributed by atoms with Gasteiger partial charge in [0.25, 0.3) is 0 Å². The molecular formula is C23H34N4O3. The number of nitrogens with one attached hydrogen (secondary N) is 2. The van der Waals surface area contributed by atoms with Crippen LogP contribution in [0, 0.1) is 12.8 Å². The standard InChI is InChI=1S/C23H34N4O3/c1-14(2)12-27(13-21(28)24-20-11-17(7)30-26-20)23(29)25-22-18(15(3)4)9-8-10-19(22)16(5)6/h8-11,14-16H,12-13H2,1-7H3,(H,25,29)(H,24,26,28). The molecule has 0 bridgehead atoms. The molecule has 0 fully saturated rings. The zero-order chi connectivity index (χ0) is 22.4. The topological polar surface area (TPSA) is 87.5 Å². The lowest BCUT2D eigenvalue weighted by atomic mass is 9.93. The van der Waals surface area contributed by atoms with Gasteiger partial charge in [-0.3, -0.25) is 4.79 Å². The van der Waals surface area contributed by atoms with Gasteiger partial charge in [0, 0.05) is 18.3 Å². The minimum atomic E-state index is -0.319. The number of anilines is 2. The number of hydrogen-bond donors (Lipinski definition) is 2. The third-order valence-corrected chi connectivity index (χ3v) is 4.71. The second-order valence-corrected chi connectivity index (χ2v) is 8.70. The van der Waals surface area contributed by atoms with Gasteiger partial charge >= 0.3 is 6.03 Å². The van der Waals surface area contributed by atoms with Gasteiger partial charge in [-0.15, -0.1) is 0 Å². The third kappa shape index (κ3) is 6.34. The van der Waals surface area contributed by atoms with Crippen LogP contribution in [0.2, 0.25) is 0 Å². The average Bonchev–Trinajstić information content (AvgIpc) is 3.04. The number of aryl methyl sites for hydroxylation is 1. The summed E-state index contributed by atoms with van der Waals surface area (Å²) in [5, 5.41) is 9.54. The number of rotatable bonds is 8. The molecule has 2 N–H and O–H groups in total. The molecule has 1 heterocycles. The van der Waals surface area contributed by atoms with Crippen molar-refractivity contribution in [3.63, 3.8) is 0 Å². The van der Waals surface area contributed by atoms with Crippen LogP contribution in [0.5, 0.6) is 0 Å². The van der Waals surface area contributed by atoms with Crippen LogP contribution >= 0.6 is 0 Å². The molecule has 3 amide bonds. The number of nitrogens with zero attached hydrogens (tertiary/aromatic N) is 2. The Morgan fingerprint density at radius 1 is 1.03 bits per heavy atom. The first-order valence-electron chi connectivity index (χ1n) is 10.5. The maximum Gasteiger partial charge on any atom is 0.322 e. The van der Waals surface area contributed by atoms with Crippen molar-refractivity contribution in [1.82, 2.24) is 10.1 Å². The molecule has 0 aliphatic heterocycles. The van der Waals surface area contributed by atoms with Gasteiger partial charge in [-0.25, -0.2) is 4.79 Å². The molecule has 0 unspecified atom stereocenters. The summed E-state index contributed by atoms with van der Waals surface area (Å²) in [6.45, 7) is 14.6. The van der Waals surface area contributed by atoms with Gasteiger partial charge in [0.15, 0.2) is 5.82 Å². The molecule has 0 atom stereocenters. The van der Waals surface area contributed by atoms with E-state index in [4.69, 9.17) is 4.52 Å². The lowest BCUT2D eigenvalue weighted by Crippen LogP contribution is -2.42. The fourth-order valence-corrected chi connectivity index (χ4v) is 3.32. The van der Waals surface area contributed by atoms with Crippen LogP contribution in [-0.2, 0) is 4.79 Å². The van der Waals surface area contributed by atoms with E-state index < -0.39 is 0 Å². The molecule has 1 aromatic carbocycles. The summed E-state index contributed by atoms with van der Waals surface area (Å²) < 4.78 is 4.97. The molecule has 1 aromatic heterocycles. The van der Waals surface area contributed by atoms with Gasteiger partial charge in [-0.05, 0) is 35.8 Å². The predicted molar refractivity (Wildman–Crippen MR) is 120 cm³/mol. The lowest BCUT2D eigenvalue weighted by molar-refractivity contribution is -0.116. The Balaban J connectivity index is 2.22. The summed E-state index contributed by atoms with van der Waals surface area (Å²) in [7, 11) is 0. The van der Waals surface area contributed by atoms with Crippen molar-refractivity contribution in [3.8, 4) is 0 Å². The predicted octanol–water partition coefficient (Wildman–Crippen LogP) is 5.36. The van der Waals surface area contributed by atoms with Crippen LogP contribution in [0.4, 0.5) is 16.3 Å². The molecule has 164 valence electrons. The highest BCUT2D eigenvalue weighted by molar-refractivity contribution is 5.97. The summed E-state index contributed by atoms with van der Waals surface area (Å²) in [5.41, 5.74) is 3.01. The van der Waals surface area contributed by atoms with Crippen molar-refractivity contribution in [2.45, 2.75) is 60.3 Å². The van der Waals surface area contributed by atoms with Gasteiger partial charge in [-0.2, -0.15) is 0 Å². The Morgan fingerprint density at radius 3 is 2.10 bits per heavy atom. The van der Waals surface area contributed by atoms with Crippen LogP contribution in [0.1, 0.15) is 70.3 Å². The van der Waals surface area contributed by atoms with Crippen molar-refractivity contribution in [2.75, 3.05) is 23.7 Å². The quantitative estimate of drug-likeness (QED) is 0.609. The zero-order valence-electron chi connectivity index (χ0n) is 19.1. The molecule has 0 aliphatic carbocycles. The number of carbonyl (C=O) groups is 2. The van der Waals surface area contributed by atoms with E-state index in [9.17, 15) is 9.59 Å². The highest BCUT2D eigenvalue weighted by Gasteiger charge is 2.22. The van der Waals surface area contributed by atoms with E-state index in [0.29, 0.717) is 18.1 Å². The minimum Gasteiger partial charge on any atom is -0.360 e. The maximum atomic E-state index is 13.2. The fourth-order valence-electron chi connectivity index (χ4n) is 3.32. The van der Waals surface area contributed by atoms with Gasteiger partial charge in [-0.1, -0.05) is 64.9 Å². The highest BCUT2D eigenvalue weighted by Crippen LogP contribution is 2.32. The van der Waals surface area contributed by atoms with Crippen LogP contribution in [0.15, 0.2) is 28.8 Å². The molecule has 7 nitrogen and oxygen atoms in total. The molecule has 7 heteroatoms. The number of hydrogen-bond acceptors (Lipinski definition) is 4. The molecule has 30 heavy (non-hydrogen) atoms. The molecule has 0 radical (unpaired) electrons. The Hall–Kier alpha value is -2.83. The van der Waals surface area contributed by atoms with Gasteiger partial charge in [0.2, 0.25) is 5.91 Å². The molecule has 0 saturated heterocycles.